The van der Waals surface area contributed by atoms with Crippen molar-refractivity contribution < 1.29 is 18.0 Å². The molecule has 146 valence electrons. The first-order valence-corrected chi connectivity index (χ1v) is 10.8. The van der Waals surface area contributed by atoms with Crippen LogP contribution in [0, 0.1) is 0 Å². The Balaban J connectivity index is 1.36. The normalized spacial score (nSPS) is 21.6. The summed E-state index contributed by atoms with van der Waals surface area (Å²) in [4.78, 5) is 25.5. The van der Waals surface area contributed by atoms with Gasteiger partial charge in [-0.25, -0.2) is 0 Å². The lowest BCUT2D eigenvalue weighted by Gasteiger charge is -2.37. The molecule has 9 heteroatoms. The van der Waals surface area contributed by atoms with Gasteiger partial charge in [0.15, 0.2) is 0 Å². The van der Waals surface area contributed by atoms with Gasteiger partial charge in [0.2, 0.25) is 0 Å². The number of carbonyl (C=O) groups is 2. The molecule has 27 heavy (non-hydrogen) atoms. The molecule has 2 aliphatic heterocycles. The van der Waals surface area contributed by atoms with Crippen LogP contribution in [-0.2, 0) is 32.8 Å². The number of fused-ring (bicyclic) bond motifs is 1. The van der Waals surface area contributed by atoms with Crippen molar-refractivity contribution in [3.8, 4) is 0 Å². The number of benzene rings is 1. The van der Waals surface area contributed by atoms with E-state index in [1.807, 2.05) is 24.3 Å². The fourth-order valence-corrected chi connectivity index (χ4v) is 5.15. The van der Waals surface area contributed by atoms with Crippen molar-refractivity contribution in [3.05, 3.63) is 35.4 Å². The zero-order valence-electron chi connectivity index (χ0n) is 15.1. The highest BCUT2D eigenvalue weighted by Gasteiger charge is 2.36. The van der Waals surface area contributed by atoms with Crippen LogP contribution in [0.4, 0.5) is 0 Å². The van der Waals surface area contributed by atoms with Crippen LogP contribution < -0.4 is 5.32 Å². The number of rotatable bonds is 3. The number of carbonyl (C=O) groups excluding carboxylic acids is 2. The molecule has 0 atom stereocenters. The van der Waals surface area contributed by atoms with E-state index in [-0.39, 0.29) is 32.2 Å². The maximum absolute atomic E-state index is 13.0. The van der Waals surface area contributed by atoms with Gasteiger partial charge in [0.25, 0.3) is 10.2 Å². The third-order valence-electron chi connectivity index (χ3n) is 5.38. The lowest BCUT2D eigenvalue weighted by molar-refractivity contribution is -0.146. The van der Waals surface area contributed by atoms with Crippen LogP contribution in [0.3, 0.4) is 0 Å². The van der Waals surface area contributed by atoms with E-state index in [2.05, 4.69) is 5.32 Å². The molecule has 2 amide bonds. The molecule has 2 heterocycles. The van der Waals surface area contributed by atoms with Crippen molar-refractivity contribution in [1.82, 2.24) is 18.8 Å². The van der Waals surface area contributed by atoms with E-state index in [4.69, 9.17) is 0 Å². The van der Waals surface area contributed by atoms with Crippen molar-refractivity contribution >= 4 is 22.0 Å². The van der Waals surface area contributed by atoms with Crippen LogP contribution in [0.15, 0.2) is 24.3 Å². The molecule has 8 nitrogen and oxygen atoms in total. The van der Waals surface area contributed by atoms with Gasteiger partial charge in [0.05, 0.1) is 0 Å². The standard InChI is InChI=1S/C18H24N4O4S/c23-17(19-16-5-6-16)18(24)20-9-11-21(12-10-20)27(25,26)22-8-7-14-3-1-2-4-15(14)13-22/h1-4,16H,5-13H2,(H,19,23). The zero-order valence-corrected chi connectivity index (χ0v) is 16.0. The second-order valence-electron chi connectivity index (χ2n) is 7.30. The first kappa shape index (κ1) is 18.4. The average molecular weight is 392 g/mol. The highest BCUT2D eigenvalue weighted by Crippen LogP contribution is 2.23. The smallest absolute Gasteiger partial charge is 0.311 e. The summed E-state index contributed by atoms with van der Waals surface area (Å²) in [5.74, 6) is -1.15. The maximum Gasteiger partial charge on any atom is 0.311 e. The Kier molecular flexibility index (Phi) is 4.92. The van der Waals surface area contributed by atoms with Gasteiger partial charge in [-0.15, -0.1) is 0 Å². The molecule has 0 unspecified atom stereocenters. The molecule has 1 aromatic rings. The molecule has 1 saturated heterocycles. The average Bonchev–Trinajstić information content (AvgIpc) is 3.51. The summed E-state index contributed by atoms with van der Waals surface area (Å²) in [6.45, 7) is 1.73. The molecule has 4 rings (SSSR count). The van der Waals surface area contributed by atoms with E-state index in [1.54, 1.807) is 0 Å². The topological polar surface area (TPSA) is 90.0 Å². The molecule has 1 saturated carbocycles. The van der Waals surface area contributed by atoms with E-state index >= 15 is 0 Å². The molecule has 3 aliphatic rings. The van der Waals surface area contributed by atoms with Crippen molar-refractivity contribution in [2.24, 2.45) is 0 Å². The van der Waals surface area contributed by atoms with Crippen molar-refractivity contribution in [2.45, 2.75) is 31.8 Å². The predicted molar refractivity (Wildman–Crippen MR) is 98.8 cm³/mol. The predicted octanol–water partition coefficient (Wildman–Crippen LogP) is -0.288. The third-order valence-corrected chi connectivity index (χ3v) is 7.36. The van der Waals surface area contributed by atoms with Crippen LogP contribution in [-0.4, -0.2) is 72.5 Å². The summed E-state index contributed by atoms with van der Waals surface area (Å²) in [7, 11) is -3.58. The number of hydrogen-bond donors (Lipinski definition) is 1. The van der Waals surface area contributed by atoms with Crippen molar-refractivity contribution in [2.75, 3.05) is 32.7 Å². The van der Waals surface area contributed by atoms with Crippen LogP contribution >= 0.6 is 0 Å². The van der Waals surface area contributed by atoms with E-state index in [0.717, 1.165) is 18.4 Å². The fourth-order valence-electron chi connectivity index (χ4n) is 3.57. The van der Waals surface area contributed by atoms with Gasteiger partial charge in [-0.2, -0.15) is 17.0 Å². The molecule has 0 bridgehead atoms. The lowest BCUT2D eigenvalue weighted by Crippen LogP contribution is -2.56. The van der Waals surface area contributed by atoms with Gasteiger partial charge in [0.1, 0.15) is 0 Å². The Morgan fingerprint density at radius 3 is 2.26 bits per heavy atom. The molecule has 2 fully saturated rings. The van der Waals surface area contributed by atoms with Crippen LogP contribution in [0.25, 0.3) is 0 Å². The molecule has 0 aromatic heterocycles. The Labute approximate surface area is 159 Å². The summed E-state index contributed by atoms with van der Waals surface area (Å²) in [6, 6.07) is 8.03. The number of nitrogens with zero attached hydrogens (tertiary/aromatic N) is 3. The highest BCUT2D eigenvalue weighted by atomic mass is 32.2. The van der Waals surface area contributed by atoms with Crippen molar-refractivity contribution in [1.29, 1.82) is 0 Å². The van der Waals surface area contributed by atoms with Gasteiger partial charge in [0, 0.05) is 45.3 Å². The quantitative estimate of drug-likeness (QED) is 0.716. The van der Waals surface area contributed by atoms with E-state index in [0.29, 0.717) is 19.5 Å². The number of piperazine rings is 1. The molecular weight excluding hydrogens is 368 g/mol. The summed E-state index contributed by atoms with van der Waals surface area (Å²) < 4.78 is 28.9. The monoisotopic (exact) mass is 392 g/mol. The molecule has 0 radical (unpaired) electrons. The van der Waals surface area contributed by atoms with Gasteiger partial charge >= 0.3 is 11.8 Å². The van der Waals surface area contributed by atoms with Gasteiger partial charge in [-0.05, 0) is 30.4 Å². The Morgan fingerprint density at radius 2 is 1.59 bits per heavy atom. The number of amides is 2. The molecule has 1 N–H and O–H groups in total. The van der Waals surface area contributed by atoms with E-state index < -0.39 is 22.0 Å². The number of hydrogen-bond acceptors (Lipinski definition) is 4. The maximum atomic E-state index is 13.0. The first-order valence-electron chi connectivity index (χ1n) is 9.37. The third kappa shape index (κ3) is 3.85. The first-order chi connectivity index (χ1) is 12.9. The van der Waals surface area contributed by atoms with E-state index in [1.165, 1.54) is 19.1 Å². The Morgan fingerprint density at radius 1 is 0.926 bits per heavy atom. The zero-order chi connectivity index (χ0) is 19.0. The number of nitrogens with one attached hydrogen (secondary N) is 1. The highest BCUT2D eigenvalue weighted by molar-refractivity contribution is 7.86. The lowest BCUT2D eigenvalue weighted by atomic mass is 10.0. The summed E-state index contributed by atoms with van der Waals surface area (Å²) in [5.41, 5.74) is 2.24. The van der Waals surface area contributed by atoms with Gasteiger partial charge in [-0.1, -0.05) is 24.3 Å². The Bertz CT molecular complexity index is 845. The SMILES string of the molecule is O=C(NC1CC1)C(=O)N1CCN(S(=O)(=O)N2CCc3ccccc3C2)CC1. The minimum absolute atomic E-state index is 0.130. The molecule has 0 spiro atoms. The Hall–Kier alpha value is -1.97. The summed E-state index contributed by atoms with van der Waals surface area (Å²) >= 11 is 0. The van der Waals surface area contributed by atoms with Gasteiger partial charge < -0.3 is 10.2 Å². The second-order valence-corrected chi connectivity index (χ2v) is 9.23. The molecule has 1 aliphatic carbocycles. The second kappa shape index (κ2) is 7.21. The minimum atomic E-state index is -3.58. The van der Waals surface area contributed by atoms with Crippen molar-refractivity contribution in [3.63, 3.8) is 0 Å². The minimum Gasteiger partial charge on any atom is -0.345 e. The molecular formula is C18H24N4O4S. The van der Waals surface area contributed by atoms with Gasteiger partial charge in [-0.3, -0.25) is 9.59 Å². The molecule has 1 aromatic carbocycles. The van der Waals surface area contributed by atoms with Crippen LogP contribution in [0.1, 0.15) is 24.0 Å². The largest absolute Gasteiger partial charge is 0.345 e. The van der Waals surface area contributed by atoms with Crippen LogP contribution in [0.5, 0.6) is 0 Å². The summed E-state index contributed by atoms with van der Waals surface area (Å²) in [6.07, 6.45) is 2.54. The fraction of sp³-hybridized carbons (Fsp3) is 0.556. The summed E-state index contributed by atoms with van der Waals surface area (Å²) in [5, 5.41) is 2.68. The van der Waals surface area contributed by atoms with Crippen LogP contribution in [0.2, 0.25) is 0 Å². The van der Waals surface area contributed by atoms with E-state index in [9.17, 15) is 18.0 Å².